The van der Waals surface area contributed by atoms with Gasteiger partial charge in [0.1, 0.15) is 5.75 Å². The average Bonchev–Trinajstić information content (AvgIpc) is 2.23. The average molecular weight is 255 g/mol. The molecule has 1 unspecified atom stereocenters. The Hall–Kier alpha value is -1.36. The maximum atomic E-state index is 11.7. The second-order valence-corrected chi connectivity index (χ2v) is 5.46. The molecule has 1 aromatic rings. The number of rotatable bonds is 5. The van der Waals surface area contributed by atoms with Crippen LogP contribution in [0.2, 0.25) is 0 Å². The molecule has 0 saturated heterocycles. The number of carbonyl (C=O) groups is 1. The summed E-state index contributed by atoms with van der Waals surface area (Å²) in [7, 11) is -0.833. The molecular formula is C12H17NO3S. The first-order valence-corrected chi connectivity index (χ1v) is 7.11. The molecule has 1 amide bonds. The zero-order chi connectivity index (χ0) is 12.8. The third-order valence-electron chi connectivity index (χ3n) is 2.29. The second-order valence-electron chi connectivity index (χ2n) is 3.91. The number of hydrogen-bond donors (Lipinski definition) is 2. The summed E-state index contributed by atoms with van der Waals surface area (Å²) in [5, 5.41) is 12.3. The Balaban J connectivity index is 2.50. The number of phenolic OH excluding ortho intramolecular Hbond substituents is 1. The van der Waals surface area contributed by atoms with Crippen molar-refractivity contribution >= 4 is 16.7 Å². The standard InChI is InChI=1S/C12H17NO3S/c1-9-4-5-10(11(14)8-9)12(15)13-6-3-7-17(2)16/h4-5,8,14H,3,6-7H2,1-2H3,(H,13,15). The van der Waals surface area contributed by atoms with Crippen LogP contribution in [0.4, 0.5) is 0 Å². The zero-order valence-corrected chi connectivity index (χ0v) is 10.8. The van der Waals surface area contributed by atoms with Gasteiger partial charge in [-0.2, -0.15) is 0 Å². The smallest absolute Gasteiger partial charge is 0.255 e. The van der Waals surface area contributed by atoms with Crippen LogP contribution < -0.4 is 5.32 Å². The number of benzene rings is 1. The maximum absolute atomic E-state index is 11.7. The lowest BCUT2D eigenvalue weighted by atomic mass is 10.1. The third kappa shape index (κ3) is 4.56. The summed E-state index contributed by atoms with van der Waals surface area (Å²) in [6.45, 7) is 2.31. The molecule has 5 heteroatoms. The van der Waals surface area contributed by atoms with Crippen molar-refractivity contribution in [2.75, 3.05) is 18.6 Å². The van der Waals surface area contributed by atoms with Crippen molar-refractivity contribution in [1.82, 2.24) is 5.32 Å². The lowest BCUT2D eigenvalue weighted by Crippen LogP contribution is -2.25. The van der Waals surface area contributed by atoms with Crippen molar-refractivity contribution in [2.45, 2.75) is 13.3 Å². The van der Waals surface area contributed by atoms with E-state index in [1.165, 1.54) is 0 Å². The Morgan fingerprint density at radius 3 is 2.76 bits per heavy atom. The second kappa shape index (κ2) is 6.39. The largest absolute Gasteiger partial charge is 0.507 e. The van der Waals surface area contributed by atoms with E-state index < -0.39 is 10.8 Å². The molecule has 2 N–H and O–H groups in total. The molecule has 0 aliphatic rings. The van der Waals surface area contributed by atoms with Gasteiger partial charge in [0.25, 0.3) is 5.91 Å². The summed E-state index contributed by atoms with van der Waals surface area (Å²) >= 11 is 0. The highest BCUT2D eigenvalue weighted by molar-refractivity contribution is 7.84. The summed E-state index contributed by atoms with van der Waals surface area (Å²) in [5.74, 6) is 0.256. The quantitative estimate of drug-likeness (QED) is 0.777. The molecule has 1 rings (SSSR count). The Labute approximate surface area is 104 Å². The van der Waals surface area contributed by atoms with E-state index in [1.807, 2.05) is 6.92 Å². The van der Waals surface area contributed by atoms with Crippen molar-refractivity contribution in [3.8, 4) is 5.75 Å². The lowest BCUT2D eigenvalue weighted by molar-refractivity contribution is 0.0951. The number of amides is 1. The van der Waals surface area contributed by atoms with Crippen LogP contribution in [0.25, 0.3) is 0 Å². The Morgan fingerprint density at radius 1 is 1.47 bits per heavy atom. The monoisotopic (exact) mass is 255 g/mol. The van der Waals surface area contributed by atoms with Crippen molar-refractivity contribution in [2.24, 2.45) is 0 Å². The Kier molecular flexibility index (Phi) is 5.15. The third-order valence-corrected chi connectivity index (χ3v) is 3.16. The molecule has 0 bridgehead atoms. The van der Waals surface area contributed by atoms with E-state index in [2.05, 4.69) is 5.32 Å². The van der Waals surface area contributed by atoms with Crippen LogP contribution >= 0.6 is 0 Å². The molecule has 0 fully saturated rings. The summed E-state index contributed by atoms with van der Waals surface area (Å²) < 4.78 is 10.8. The molecule has 0 radical (unpaired) electrons. The van der Waals surface area contributed by atoms with E-state index in [-0.39, 0.29) is 17.2 Å². The molecule has 0 saturated carbocycles. The van der Waals surface area contributed by atoms with E-state index in [1.54, 1.807) is 24.5 Å². The van der Waals surface area contributed by atoms with Gasteiger partial charge in [-0.3, -0.25) is 9.00 Å². The summed E-state index contributed by atoms with van der Waals surface area (Å²) in [6, 6.07) is 4.92. The van der Waals surface area contributed by atoms with Crippen molar-refractivity contribution in [3.05, 3.63) is 29.3 Å². The number of carbonyl (C=O) groups excluding carboxylic acids is 1. The van der Waals surface area contributed by atoms with E-state index in [4.69, 9.17) is 0 Å². The molecule has 0 aliphatic carbocycles. The van der Waals surface area contributed by atoms with Gasteiger partial charge in [-0.15, -0.1) is 0 Å². The van der Waals surface area contributed by atoms with Gasteiger partial charge in [-0.1, -0.05) is 6.07 Å². The van der Waals surface area contributed by atoms with Crippen LogP contribution in [-0.2, 0) is 10.8 Å². The highest BCUT2D eigenvalue weighted by Crippen LogP contribution is 2.17. The molecule has 94 valence electrons. The fourth-order valence-corrected chi connectivity index (χ4v) is 1.96. The minimum absolute atomic E-state index is 0.0124. The highest BCUT2D eigenvalue weighted by atomic mass is 32.2. The summed E-state index contributed by atoms with van der Waals surface area (Å²) in [5.41, 5.74) is 1.17. The predicted molar refractivity (Wildman–Crippen MR) is 68.7 cm³/mol. The predicted octanol–water partition coefficient (Wildman–Crippen LogP) is 1.20. The van der Waals surface area contributed by atoms with Crippen molar-refractivity contribution in [3.63, 3.8) is 0 Å². The molecule has 0 aromatic heterocycles. The van der Waals surface area contributed by atoms with Crippen LogP contribution in [0.1, 0.15) is 22.3 Å². The number of nitrogens with one attached hydrogen (secondary N) is 1. The van der Waals surface area contributed by atoms with Gasteiger partial charge in [-0.05, 0) is 31.0 Å². The van der Waals surface area contributed by atoms with Gasteiger partial charge >= 0.3 is 0 Å². The van der Waals surface area contributed by atoms with Crippen LogP contribution in [0, 0.1) is 6.92 Å². The maximum Gasteiger partial charge on any atom is 0.255 e. The first kappa shape index (κ1) is 13.7. The number of aromatic hydroxyl groups is 1. The van der Waals surface area contributed by atoms with Crippen LogP contribution in [-0.4, -0.2) is 33.8 Å². The van der Waals surface area contributed by atoms with Crippen LogP contribution in [0.5, 0.6) is 5.75 Å². The fraction of sp³-hybridized carbons (Fsp3) is 0.417. The molecular weight excluding hydrogens is 238 g/mol. The normalized spacial score (nSPS) is 12.1. The lowest BCUT2D eigenvalue weighted by Gasteiger charge is -2.06. The van der Waals surface area contributed by atoms with Gasteiger partial charge < -0.3 is 10.4 Å². The Bertz CT molecular complexity index is 432. The number of phenols is 1. The van der Waals surface area contributed by atoms with Gasteiger partial charge in [0.05, 0.1) is 5.56 Å². The minimum Gasteiger partial charge on any atom is -0.507 e. The molecule has 0 spiro atoms. The van der Waals surface area contributed by atoms with E-state index >= 15 is 0 Å². The van der Waals surface area contributed by atoms with Crippen molar-refractivity contribution in [1.29, 1.82) is 0 Å². The topological polar surface area (TPSA) is 66.4 Å². The van der Waals surface area contributed by atoms with Gasteiger partial charge in [-0.25, -0.2) is 0 Å². The zero-order valence-electron chi connectivity index (χ0n) is 10.0. The Morgan fingerprint density at radius 2 is 2.18 bits per heavy atom. The molecule has 4 nitrogen and oxygen atoms in total. The van der Waals surface area contributed by atoms with E-state index in [9.17, 15) is 14.1 Å². The molecule has 0 aliphatic heterocycles. The highest BCUT2D eigenvalue weighted by Gasteiger charge is 2.09. The SMILES string of the molecule is Cc1ccc(C(=O)NCCCS(C)=O)c(O)c1. The molecule has 1 atom stereocenters. The summed E-state index contributed by atoms with van der Waals surface area (Å²) in [6.07, 6.45) is 2.30. The van der Waals surface area contributed by atoms with E-state index in [0.29, 0.717) is 18.7 Å². The van der Waals surface area contributed by atoms with Crippen LogP contribution in [0.3, 0.4) is 0 Å². The first-order chi connectivity index (χ1) is 8.00. The number of aryl methyl sites for hydroxylation is 1. The first-order valence-electron chi connectivity index (χ1n) is 5.38. The molecule has 1 aromatic carbocycles. The minimum atomic E-state index is -0.833. The van der Waals surface area contributed by atoms with Crippen molar-refractivity contribution < 1.29 is 14.1 Å². The van der Waals surface area contributed by atoms with E-state index in [0.717, 1.165) is 5.56 Å². The van der Waals surface area contributed by atoms with Crippen LogP contribution in [0.15, 0.2) is 18.2 Å². The van der Waals surface area contributed by atoms with Gasteiger partial charge in [0, 0.05) is 29.4 Å². The number of hydrogen-bond acceptors (Lipinski definition) is 3. The van der Waals surface area contributed by atoms with Gasteiger partial charge in [0.2, 0.25) is 0 Å². The molecule has 0 heterocycles. The molecule has 17 heavy (non-hydrogen) atoms. The van der Waals surface area contributed by atoms with Gasteiger partial charge in [0.15, 0.2) is 0 Å². The summed E-state index contributed by atoms with van der Waals surface area (Å²) in [4.78, 5) is 11.7. The fourth-order valence-electron chi connectivity index (χ4n) is 1.41.